The number of hydrogen-bond acceptors (Lipinski definition) is 3. The highest BCUT2D eigenvalue weighted by Crippen LogP contribution is 2.34. The molecule has 0 aliphatic rings. The number of hydrogen-bond donors (Lipinski definition) is 1. The molecule has 1 aromatic carbocycles. The second kappa shape index (κ2) is 6.29. The van der Waals surface area contributed by atoms with Gasteiger partial charge in [0.1, 0.15) is 5.75 Å². The highest BCUT2D eigenvalue weighted by molar-refractivity contribution is 5.54. The predicted octanol–water partition coefficient (Wildman–Crippen LogP) is 3.17. The lowest BCUT2D eigenvalue weighted by molar-refractivity contribution is 0.397. The maximum atomic E-state index is 5.82. The Kier molecular flexibility index (Phi) is 5.24. The number of rotatable bonds is 5. The number of ether oxygens (including phenoxy) is 1. The van der Waals surface area contributed by atoms with E-state index in [0.29, 0.717) is 0 Å². The number of nitrogens with two attached hydrogens (primary N) is 1. The van der Waals surface area contributed by atoms with E-state index in [9.17, 15) is 0 Å². The molecule has 2 N–H and O–H groups in total. The lowest BCUT2D eigenvalue weighted by Gasteiger charge is -2.26. The molecule has 3 heteroatoms. The quantitative estimate of drug-likeness (QED) is 0.887. The van der Waals surface area contributed by atoms with E-state index in [4.69, 9.17) is 10.5 Å². The Morgan fingerprint density at radius 1 is 1.32 bits per heavy atom. The molecule has 0 radical (unpaired) electrons. The molecule has 1 aromatic rings. The first-order valence-corrected chi connectivity index (χ1v) is 6.91. The zero-order valence-corrected chi connectivity index (χ0v) is 13.2. The van der Waals surface area contributed by atoms with E-state index >= 15 is 0 Å². The van der Waals surface area contributed by atoms with E-state index in [1.807, 2.05) is 6.92 Å². The molecule has 0 fully saturated rings. The number of anilines is 1. The van der Waals surface area contributed by atoms with Crippen molar-refractivity contribution in [3.05, 3.63) is 23.8 Å². The zero-order valence-electron chi connectivity index (χ0n) is 13.2. The van der Waals surface area contributed by atoms with Gasteiger partial charge < -0.3 is 15.4 Å². The third-order valence-electron chi connectivity index (χ3n) is 3.35. The largest absolute Gasteiger partial charge is 0.496 e. The normalized spacial score (nSPS) is 13.2. The molecule has 0 saturated carbocycles. The third kappa shape index (κ3) is 4.43. The van der Waals surface area contributed by atoms with Crippen molar-refractivity contribution in [2.24, 2.45) is 5.73 Å². The van der Waals surface area contributed by atoms with Gasteiger partial charge in [-0.15, -0.1) is 0 Å². The summed E-state index contributed by atoms with van der Waals surface area (Å²) in [4.78, 5) is 2.25. The van der Waals surface area contributed by atoms with E-state index in [0.717, 1.165) is 18.7 Å². The first kappa shape index (κ1) is 15.8. The van der Waals surface area contributed by atoms with Crippen molar-refractivity contribution in [2.75, 3.05) is 25.6 Å². The van der Waals surface area contributed by atoms with E-state index in [-0.39, 0.29) is 11.5 Å². The van der Waals surface area contributed by atoms with Gasteiger partial charge in [-0.05, 0) is 37.0 Å². The summed E-state index contributed by atoms with van der Waals surface area (Å²) in [5.74, 6) is 0.955. The van der Waals surface area contributed by atoms with Crippen LogP contribution in [0, 0.1) is 0 Å². The number of nitrogens with zero attached hydrogens (tertiary/aromatic N) is 1. The van der Waals surface area contributed by atoms with Gasteiger partial charge in [0.25, 0.3) is 0 Å². The van der Waals surface area contributed by atoms with Crippen LogP contribution in [0.4, 0.5) is 5.69 Å². The molecule has 108 valence electrons. The Labute approximate surface area is 117 Å². The van der Waals surface area contributed by atoms with Gasteiger partial charge in [0.2, 0.25) is 0 Å². The standard InChI is InChI=1S/C16H28N2O/c1-12(17)9-10-18(5)13-7-8-15(19-6)14(11-13)16(2,3)4/h7-8,11-12H,9-10,17H2,1-6H3. The van der Waals surface area contributed by atoms with Crippen LogP contribution in [0.1, 0.15) is 39.7 Å². The summed E-state index contributed by atoms with van der Waals surface area (Å²) in [7, 11) is 3.83. The van der Waals surface area contributed by atoms with Crippen LogP contribution >= 0.6 is 0 Å². The molecule has 0 bridgehead atoms. The minimum absolute atomic E-state index is 0.0728. The van der Waals surface area contributed by atoms with Crippen LogP contribution in [0.2, 0.25) is 0 Å². The van der Waals surface area contributed by atoms with Gasteiger partial charge in [0, 0.05) is 30.9 Å². The molecule has 0 spiro atoms. The van der Waals surface area contributed by atoms with Crippen LogP contribution in [0.25, 0.3) is 0 Å². The molecule has 3 nitrogen and oxygen atoms in total. The Morgan fingerprint density at radius 2 is 1.95 bits per heavy atom. The lowest BCUT2D eigenvalue weighted by atomic mass is 9.86. The molecule has 0 heterocycles. The molecular formula is C16H28N2O. The van der Waals surface area contributed by atoms with Crippen molar-refractivity contribution in [2.45, 2.75) is 45.6 Å². The fourth-order valence-corrected chi connectivity index (χ4v) is 2.05. The van der Waals surface area contributed by atoms with Crippen molar-refractivity contribution in [3.8, 4) is 5.75 Å². The molecule has 19 heavy (non-hydrogen) atoms. The predicted molar refractivity (Wildman–Crippen MR) is 83.2 cm³/mol. The van der Waals surface area contributed by atoms with E-state index in [2.05, 4.69) is 50.9 Å². The molecular weight excluding hydrogens is 236 g/mol. The third-order valence-corrected chi connectivity index (χ3v) is 3.35. The Balaban J connectivity index is 2.98. The molecule has 0 aromatic heterocycles. The van der Waals surface area contributed by atoms with Crippen molar-refractivity contribution in [1.29, 1.82) is 0 Å². The minimum Gasteiger partial charge on any atom is -0.496 e. The summed E-state index contributed by atoms with van der Waals surface area (Å²) >= 11 is 0. The van der Waals surface area contributed by atoms with Gasteiger partial charge in [-0.1, -0.05) is 20.8 Å². The van der Waals surface area contributed by atoms with Crippen molar-refractivity contribution in [3.63, 3.8) is 0 Å². The molecule has 0 aliphatic carbocycles. The van der Waals surface area contributed by atoms with Crippen molar-refractivity contribution in [1.82, 2.24) is 0 Å². The highest BCUT2D eigenvalue weighted by Gasteiger charge is 2.20. The van der Waals surface area contributed by atoms with Gasteiger partial charge in [-0.2, -0.15) is 0 Å². The molecule has 1 rings (SSSR count). The van der Waals surface area contributed by atoms with Gasteiger partial charge in [0.05, 0.1) is 7.11 Å². The molecule has 0 saturated heterocycles. The van der Waals surface area contributed by atoms with Crippen LogP contribution in [0.5, 0.6) is 5.75 Å². The van der Waals surface area contributed by atoms with E-state index < -0.39 is 0 Å². The second-order valence-corrected chi connectivity index (χ2v) is 6.32. The lowest BCUT2D eigenvalue weighted by Crippen LogP contribution is -2.26. The van der Waals surface area contributed by atoms with Crippen molar-refractivity contribution < 1.29 is 4.74 Å². The number of benzene rings is 1. The summed E-state index contributed by atoms with van der Waals surface area (Å²) in [6.45, 7) is 9.62. The molecule has 0 aliphatic heterocycles. The van der Waals surface area contributed by atoms with Crippen LogP contribution in [0.3, 0.4) is 0 Å². The SMILES string of the molecule is COc1ccc(N(C)CCC(C)N)cc1C(C)(C)C. The maximum absolute atomic E-state index is 5.82. The van der Waals surface area contributed by atoms with Crippen LogP contribution in [-0.4, -0.2) is 26.7 Å². The monoisotopic (exact) mass is 264 g/mol. The molecule has 0 amide bonds. The smallest absolute Gasteiger partial charge is 0.122 e. The van der Waals surface area contributed by atoms with Crippen molar-refractivity contribution >= 4 is 5.69 Å². The number of methoxy groups -OCH3 is 1. The minimum atomic E-state index is 0.0728. The molecule has 1 unspecified atom stereocenters. The fourth-order valence-electron chi connectivity index (χ4n) is 2.05. The average molecular weight is 264 g/mol. The van der Waals surface area contributed by atoms with E-state index in [1.54, 1.807) is 7.11 Å². The first-order valence-electron chi connectivity index (χ1n) is 6.91. The first-order chi connectivity index (χ1) is 8.75. The second-order valence-electron chi connectivity index (χ2n) is 6.32. The highest BCUT2D eigenvalue weighted by atomic mass is 16.5. The summed E-state index contributed by atoms with van der Waals surface area (Å²) in [6, 6.07) is 6.62. The summed E-state index contributed by atoms with van der Waals surface area (Å²) in [6.07, 6.45) is 0.993. The van der Waals surface area contributed by atoms with Gasteiger partial charge in [0.15, 0.2) is 0 Å². The van der Waals surface area contributed by atoms with Gasteiger partial charge in [-0.3, -0.25) is 0 Å². The van der Waals surface area contributed by atoms with Gasteiger partial charge in [-0.25, -0.2) is 0 Å². The van der Waals surface area contributed by atoms with E-state index in [1.165, 1.54) is 11.3 Å². The summed E-state index contributed by atoms with van der Waals surface area (Å²) in [5, 5.41) is 0. The fraction of sp³-hybridized carbons (Fsp3) is 0.625. The molecule has 1 atom stereocenters. The Hall–Kier alpha value is -1.22. The Bertz CT molecular complexity index is 408. The average Bonchev–Trinajstić information content (AvgIpc) is 2.34. The van der Waals surface area contributed by atoms with Crippen LogP contribution in [0.15, 0.2) is 18.2 Å². The summed E-state index contributed by atoms with van der Waals surface area (Å²) < 4.78 is 5.47. The van der Waals surface area contributed by atoms with Crippen LogP contribution < -0.4 is 15.4 Å². The maximum Gasteiger partial charge on any atom is 0.122 e. The topological polar surface area (TPSA) is 38.5 Å². The summed E-state index contributed by atoms with van der Waals surface area (Å²) in [5.41, 5.74) is 8.34. The zero-order chi connectivity index (χ0) is 14.6. The Morgan fingerprint density at radius 3 is 2.42 bits per heavy atom. The van der Waals surface area contributed by atoms with Crippen LogP contribution in [-0.2, 0) is 5.41 Å². The van der Waals surface area contributed by atoms with Gasteiger partial charge >= 0.3 is 0 Å².